The zero-order valence-electron chi connectivity index (χ0n) is 67.8. The van der Waals surface area contributed by atoms with Gasteiger partial charge in [-0.1, -0.05) is 103 Å². The second kappa shape index (κ2) is 45.6. The van der Waals surface area contributed by atoms with E-state index in [1.54, 1.807) is 32.0 Å². The van der Waals surface area contributed by atoms with Crippen LogP contribution in [-0.2, 0) is 80.5 Å². The number of nitrogens with zero attached hydrogens (tertiary/aromatic N) is 5. The number of carboxylic acids is 1. The first kappa shape index (κ1) is 95.0. The molecule has 640 valence electrons. The summed E-state index contributed by atoms with van der Waals surface area (Å²) < 4.78 is 80.2. The number of benzene rings is 3. The number of unbranched alkanes of at least 4 members (excludes halogenated alkanes) is 3. The largest absolute Gasteiger partial charge is 0.508 e. The van der Waals surface area contributed by atoms with Crippen LogP contribution in [0.3, 0.4) is 0 Å². The minimum atomic E-state index is -4.49. The van der Waals surface area contributed by atoms with Gasteiger partial charge in [-0.05, 0) is 137 Å². The number of anilines is 1. The molecule has 1 fully saturated rings. The highest BCUT2D eigenvalue weighted by Crippen LogP contribution is 2.49. The highest BCUT2D eigenvalue weighted by Gasteiger charge is 2.45. The number of para-hydroxylation sites is 1. The molecule has 3 aromatic carbocycles. The van der Waals surface area contributed by atoms with Gasteiger partial charge in [-0.25, -0.2) is 9.59 Å². The topological polar surface area (TPSA) is 527 Å². The predicted molar refractivity (Wildman–Crippen MR) is 442 cm³/mol. The number of rotatable bonds is 48. The van der Waals surface area contributed by atoms with Crippen molar-refractivity contribution in [3.63, 3.8) is 0 Å². The van der Waals surface area contributed by atoms with E-state index in [1.165, 1.54) is 29.2 Å². The van der Waals surface area contributed by atoms with Crippen molar-refractivity contribution in [1.29, 1.82) is 0 Å². The van der Waals surface area contributed by atoms with Gasteiger partial charge in [0.25, 0.3) is 20.2 Å². The Labute approximate surface area is 680 Å². The number of aromatic hydroxyl groups is 1. The quantitative estimate of drug-likeness (QED) is 0.00935. The molecule has 7 atom stereocenters. The molecule has 0 aliphatic carbocycles. The van der Waals surface area contributed by atoms with Crippen LogP contribution in [0.1, 0.15) is 162 Å². The van der Waals surface area contributed by atoms with Gasteiger partial charge in [0.2, 0.25) is 41.1 Å². The van der Waals surface area contributed by atoms with Crippen LogP contribution >= 0.6 is 0 Å². The van der Waals surface area contributed by atoms with Gasteiger partial charge in [-0.2, -0.15) is 21.4 Å². The van der Waals surface area contributed by atoms with E-state index in [0.29, 0.717) is 70.0 Å². The molecule has 1 saturated heterocycles. The SMILES string of the molecule is CC[C@H](C)[C@H](NC(=O)[C@H](Cc1ccc(O)cc1)NC(=O)[C@@H]1CCCN1C(=O)[C@H](CCCN=C(N)NC(=O)NCCOCCOCCNC(=O)CCCCCN1C(=CC=CC=CC2=[N+](CCCCS(=O)(=O)O)c3ccccc3C2(C)C)C(C)(C)c2cc(S(=O)(=O)O)ccc21)NC(=O)[C@@H](N)CCCN=C(N)N)C(=O)N[C@@H](CC(C)C)C(=O)O. The standard InChI is InChI=1S/C80H120N16O18S2/c1-9-53(4)69(73(102)91-62(75(104)105)49-52(2)3)92-71(100)61(50-54-31-33-55(97)34-32-54)90-72(101)65-27-22-43-96(65)74(103)60(89-70(99)59(81)24-20-37-86-76(82)83)25-21-38-87-77(84)93-78(106)88-40-45-114-47-46-113-44-39-85-68(98)30-14-11-17-41-95-64-36-35-56(116(110,111)112)51-58(64)80(7,8)67(95)29-13-10-12-28-66-79(5,6)57-23-15-16-26-63(57)94(66)42-18-19-48-115(107,108)109/h10,12-13,15-16,23,26,28-29,31-36,51-53,59-62,65,69H,9,11,14,17-22,24-25,27,30,37-50,81H2,1-8H3,(H16-,82,83,84,85,86,87,88,89,90,91,92,93,97,98,99,100,101,102,104,105,106,107,108,109,110,111,112)/p+1/t53-,59-,60-,61-,62-,65-,69-/m0/s1. The lowest BCUT2D eigenvalue weighted by Crippen LogP contribution is -2.60. The van der Waals surface area contributed by atoms with Crippen molar-refractivity contribution >= 4 is 96.7 Å². The fraction of sp³-hybridized carbons (Fsp3) is 0.562. The number of nitrogens with one attached hydrogen (secondary N) is 7. The highest BCUT2D eigenvalue weighted by molar-refractivity contribution is 7.86. The van der Waals surface area contributed by atoms with Crippen LogP contribution < -0.4 is 65.1 Å². The molecule has 36 heteroatoms. The Bertz CT molecular complexity index is 4300. The first-order valence-electron chi connectivity index (χ1n) is 39.6. The molecular weight excluding hydrogens is 1540 g/mol. The van der Waals surface area contributed by atoms with Gasteiger partial charge in [0, 0.05) is 93.0 Å². The van der Waals surface area contributed by atoms with Crippen molar-refractivity contribution in [2.45, 2.75) is 204 Å². The third-order valence-electron chi connectivity index (χ3n) is 20.5. The van der Waals surface area contributed by atoms with Crippen LogP contribution in [0.5, 0.6) is 5.75 Å². The normalized spacial score (nSPS) is 17.1. The van der Waals surface area contributed by atoms with Gasteiger partial charge >= 0.3 is 12.0 Å². The lowest BCUT2D eigenvalue weighted by Gasteiger charge is -2.31. The molecule has 3 aliphatic heterocycles. The molecule has 19 N–H and O–H groups in total. The number of guanidine groups is 2. The average Bonchev–Trinajstić information content (AvgIpc) is 1.59. The molecule has 34 nitrogen and oxygen atoms in total. The van der Waals surface area contributed by atoms with Gasteiger partial charge < -0.3 is 84.3 Å². The number of likely N-dealkylation sites (tertiary alicyclic amines) is 1. The van der Waals surface area contributed by atoms with Gasteiger partial charge in [0.15, 0.2) is 17.6 Å². The number of hydrogen-bond donors (Lipinski definition) is 15. The number of allylic oxidation sites excluding steroid dienone is 6. The Kier molecular flexibility index (Phi) is 37.3. The van der Waals surface area contributed by atoms with Crippen LogP contribution in [-0.4, -0.2) is 225 Å². The van der Waals surface area contributed by atoms with Crippen molar-refractivity contribution in [2.75, 3.05) is 82.9 Å². The second-order valence-corrected chi connectivity index (χ2v) is 33.7. The Morgan fingerprint density at radius 1 is 0.716 bits per heavy atom. The van der Waals surface area contributed by atoms with Crippen molar-refractivity contribution in [3.05, 3.63) is 119 Å². The van der Waals surface area contributed by atoms with E-state index in [-0.39, 0.29) is 150 Å². The van der Waals surface area contributed by atoms with Gasteiger partial charge in [0.05, 0.1) is 48.5 Å². The third-order valence-corrected chi connectivity index (χ3v) is 22.2. The molecule has 6 rings (SSSR count). The van der Waals surface area contributed by atoms with Gasteiger partial charge in [-0.3, -0.25) is 53.2 Å². The van der Waals surface area contributed by atoms with Gasteiger partial charge in [0.1, 0.15) is 42.5 Å². The molecule has 116 heavy (non-hydrogen) atoms. The second-order valence-electron chi connectivity index (χ2n) is 30.7. The summed E-state index contributed by atoms with van der Waals surface area (Å²) in [5.41, 5.74) is 28.4. The molecule has 0 radical (unpaired) electrons. The first-order valence-corrected chi connectivity index (χ1v) is 42.6. The van der Waals surface area contributed by atoms with Crippen molar-refractivity contribution in [1.82, 2.24) is 42.1 Å². The molecule has 3 aliphatic rings. The van der Waals surface area contributed by atoms with E-state index in [1.807, 2.05) is 76.3 Å². The summed E-state index contributed by atoms with van der Waals surface area (Å²) in [6.07, 6.45) is 14.6. The van der Waals surface area contributed by atoms with E-state index in [0.717, 1.165) is 33.9 Å². The van der Waals surface area contributed by atoms with Crippen molar-refractivity contribution in [2.24, 2.45) is 44.8 Å². The van der Waals surface area contributed by atoms with E-state index < -0.39 is 109 Å². The lowest BCUT2D eigenvalue weighted by molar-refractivity contribution is -0.438. The Morgan fingerprint density at radius 3 is 2.05 bits per heavy atom. The number of urea groups is 1. The molecule has 0 saturated carbocycles. The molecule has 0 bridgehead atoms. The first-order chi connectivity index (χ1) is 54.8. The molecule has 8 amide bonds. The number of carboxylic acid groups (broad SMARTS) is 1. The number of fused-ring (bicyclic) bond motifs is 2. The van der Waals surface area contributed by atoms with Crippen LogP contribution in [0.25, 0.3) is 0 Å². The van der Waals surface area contributed by atoms with E-state index >= 15 is 0 Å². The van der Waals surface area contributed by atoms with E-state index in [4.69, 9.17) is 32.4 Å². The summed E-state index contributed by atoms with van der Waals surface area (Å²) in [7, 11) is -8.56. The van der Waals surface area contributed by atoms with Crippen LogP contribution in [0.4, 0.5) is 16.2 Å². The maximum Gasteiger partial charge on any atom is 0.326 e. The number of nitrogens with two attached hydrogens (primary N) is 4. The molecule has 0 unspecified atom stereocenters. The van der Waals surface area contributed by atoms with Crippen LogP contribution in [0.2, 0.25) is 0 Å². The number of carbonyl (C=O) groups excluding carboxylic acids is 7. The summed E-state index contributed by atoms with van der Waals surface area (Å²) in [5.74, 6) is -6.18. The van der Waals surface area contributed by atoms with Crippen LogP contribution in [0, 0.1) is 11.8 Å². The average molecular weight is 1660 g/mol. The van der Waals surface area contributed by atoms with Crippen molar-refractivity contribution in [3.8, 4) is 5.75 Å². The summed E-state index contributed by atoms with van der Waals surface area (Å²) >= 11 is 0. The minimum Gasteiger partial charge on any atom is -0.508 e. The Morgan fingerprint density at radius 2 is 1.39 bits per heavy atom. The maximum absolute atomic E-state index is 14.6. The zero-order valence-corrected chi connectivity index (χ0v) is 69.4. The van der Waals surface area contributed by atoms with Gasteiger partial charge in [-0.15, -0.1) is 0 Å². The number of phenolic OH excluding ortho intramolecular Hbond substituents is 1. The monoisotopic (exact) mass is 1660 g/mol. The molecule has 3 aromatic rings. The number of phenols is 1. The highest BCUT2D eigenvalue weighted by atomic mass is 32.2. The lowest BCUT2D eigenvalue weighted by atomic mass is 9.81. The number of carbonyl (C=O) groups is 8. The fourth-order valence-electron chi connectivity index (χ4n) is 14.1. The third kappa shape index (κ3) is 29.7. The Balaban J connectivity index is 0.933. The maximum atomic E-state index is 14.6. The molecule has 3 heterocycles. The number of aliphatic carboxylic acids is 1. The summed E-state index contributed by atoms with van der Waals surface area (Å²) in [6.45, 7) is 17.9. The minimum absolute atomic E-state index is 0.0245. The fourth-order valence-corrected chi connectivity index (χ4v) is 15.2. The van der Waals surface area contributed by atoms with Crippen molar-refractivity contribution < 1.29 is 88.6 Å². The number of ether oxygens (including phenoxy) is 2. The van der Waals surface area contributed by atoms with E-state index in [9.17, 15) is 74.5 Å². The summed E-state index contributed by atoms with van der Waals surface area (Å²) in [6, 6.07) is 10.7. The van der Waals surface area contributed by atoms with Crippen LogP contribution in [0.15, 0.2) is 118 Å². The summed E-state index contributed by atoms with van der Waals surface area (Å²) in [4.78, 5) is 120. The molecule has 0 aromatic heterocycles. The van der Waals surface area contributed by atoms with E-state index in [2.05, 4.69) is 76.6 Å². The predicted octanol–water partition coefficient (Wildman–Crippen LogP) is 4.31. The molecule has 0 spiro atoms. The Hall–Kier alpha value is -9.85. The zero-order chi connectivity index (χ0) is 85.5. The summed E-state index contributed by atoms with van der Waals surface area (Å²) in [5, 5.41) is 38.7. The smallest absolute Gasteiger partial charge is 0.326 e. The number of hydrogen-bond acceptors (Lipinski definition) is 19. The number of aliphatic imine (C=N–C) groups is 2. The number of amides is 8. The molecular formula is C80H121N16O18S2+.